The van der Waals surface area contributed by atoms with E-state index in [1.807, 2.05) is 32.0 Å². The molecule has 0 fully saturated rings. The molecule has 0 saturated carbocycles. The zero-order valence-electron chi connectivity index (χ0n) is 9.92. The molecule has 0 aliphatic heterocycles. The first kappa shape index (κ1) is 11.8. The van der Waals surface area contributed by atoms with E-state index < -0.39 is 0 Å². The molecule has 0 spiro atoms. The summed E-state index contributed by atoms with van der Waals surface area (Å²) >= 11 is 0. The monoisotopic (exact) mass is 204 g/mol. The molecule has 0 atom stereocenters. The number of rotatable bonds is 3. The maximum absolute atomic E-state index is 5.67. The van der Waals surface area contributed by atoms with Crippen LogP contribution in [-0.2, 0) is 6.42 Å². The minimum atomic E-state index is 1.01. The predicted octanol–water partition coefficient (Wildman–Crippen LogP) is 4.80. The molecule has 0 saturated heterocycles. The lowest BCUT2D eigenvalue weighted by molar-refractivity contribution is 0.536. The molecule has 15 heavy (non-hydrogen) atoms. The van der Waals surface area contributed by atoms with E-state index in [2.05, 4.69) is 19.1 Å². The highest BCUT2D eigenvalue weighted by atomic mass is 16.3. The van der Waals surface area contributed by atoms with Gasteiger partial charge in [0.15, 0.2) is 0 Å². The highest BCUT2D eigenvalue weighted by Crippen LogP contribution is 2.19. The van der Waals surface area contributed by atoms with Crippen molar-refractivity contribution in [3.8, 4) is 0 Å². The molecule has 1 heterocycles. The summed E-state index contributed by atoms with van der Waals surface area (Å²) in [6.07, 6.45) is 3.49. The Hall–Kier alpha value is -1.24. The van der Waals surface area contributed by atoms with Crippen molar-refractivity contribution in [2.24, 2.45) is 0 Å². The molecule has 0 bridgehead atoms. The van der Waals surface area contributed by atoms with E-state index >= 15 is 0 Å². The zero-order valence-corrected chi connectivity index (χ0v) is 9.92. The van der Waals surface area contributed by atoms with Gasteiger partial charge in [-0.25, -0.2) is 0 Å². The Bertz CT molecular complexity index is 354. The molecule has 0 aliphatic carbocycles. The lowest BCUT2D eigenvalue weighted by Gasteiger charge is -1.90. The van der Waals surface area contributed by atoms with Crippen LogP contribution in [0.3, 0.4) is 0 Å². The third-order valence-electron chi connectivity index (χ3n) is 2.25. The molecule has 0 amide bonds. The Morgan fingerprint density at radius 3 is 2.53 bits per heavy atom. The molecule has 82 valence electrons. The van der Waals surface area contributed by atoms with Gasteiger partial charge in [0.2, 0.25) is 0 Å². The normalized spacial score (nSPS) is 9.80. The van der Waals surface area contributed by atoms with Crippen molar-refractivity contribution in [2.45, 2.75) is 40.0 Å². The van der Waals surface area contributed by atoms with Crippen molar-refractivity contribution in [1.29, 1.82) is 0 Å². The Kier molecular flexibility index (Phi) is 4.96. The second-order valence-corrected chi connectivity index (χ2v) is 3.35. The second-order valence-electron chi connectivity index (χ2n) is 3.35. The van der Waals surface area contributed by atoms with Gasteiger partial charge in [0.25, 0.3) is 0 Å². The number of unbranched alkanes of at least 4 members (excludes halogenated alkanes) is 1. The first-order chi connectivity index (χ1) is 7.40. The van der Waals surface area contributed by atoms with Crippen molar-refractivity contribution >= 4 is 11.0 Å². The third-order valence-corrected chi connectivity index (χ3v) is 2.25. The van der Waals surface area contributed by atoms with Crippen molar-refractivity contribution in [1.82, 2.24) is 0 Å². The van der Waals surface area contributed by atoms with Crippen LogP contribution in [0.25, 0.3) is 11.0 Å². The summed E-state index contributed by atoms with van der Waals surface area (Å²) in [5.74, 6) is 1.11. The number of hydrogen-bond donors (Lipinski definition) is 0. The summed E-state index contributed by atoms with van der Waals surface area (Å²) in [6.45, 7) is 6.20. The van der Waals surface area contributed by atoms with Gasteiger partial charge < -0.3 is 4.42 Å². The number of benzene rings is 1. The van der Waals surface area contributed by atoms with Gasteiger partial charge in [0, 0.05) is 11.8 Å². The van der Waals surface area contributed by atoms with Crippen LogP contribution >= 0.6 is 0 Å². The smallest absolute Gasteiger partial charge is 0.134 e. The van der Waals surface area contributed by atoms with Crippen molar-refractivity contribution < 1.29 is 4.42 Å². The molecular formula is C14H20O. The Morgan fingerprint density at radius 1 is 1.13 bits per heavy atom. The van der Waals surface area contributed by atoms with Gasteiger partial charge in [-0.15, -0.1) is 0 Å². The van der Waals surface area contributed by atoms with Crippen molar-refractivity contribution in [3.05, 3.63) is 36.1 Å². The lowest BCUT2D eigenvalue weighted by atomic mass is 10.2. The van der Waals surface area contributed by atoms with Crippen LogP contribution in [0.2, 0.25) is 0 Å². The molecule has 0 unspecified atom stereocenters. The Morgan fingerprint density at radius 2 is 1.87 bits per heavy atom. The van der Waals surface area contributed by atoms with Crippen LogP contribution in [0.4, 0.5) is 0 Å². The molecule has 2 aromatic rings. The molecule has 1 heteroatoms. The quantitative estimate of drug-likeness (QED) is 0.699. The fourth-order valence-electron chi connectivity index (χ4n) is 1.51. The highest BCUT2D eigenvalue weighted by molar-refractivity contribution is 5.77. The van der Waals surface area contributed by atoms with Gasteiger partial charge in [0.1, 0.15) is 11.3 Å². The average Bonchev–Trinajstić information content (AvgIpc) is 2.71. The SMILES string of the molecule is CC.CCCCc1cc2ccccc2o1. The van der Waals surface area contributed by atoms with E-state index in [1.165, 1.54) is 18.2 Å². The molecule has 0 aliphatic rings. The van der Waals surface area contributed by atoms with Gasteiger partial charge in [-0.2, -0.15) is 0 Å². The van der Waals surface area contributed by atoms with E-state index in [4.69, 9.17) is 4.42 Å². The lowest BCUT2D eigenvalue weighted by Crippen LogP contribution is -1.78. The van der Waals surface area contributed by atoms with Crippen molar-refractivity contribution in [2.75, 3.05) is 0 Å². The summed E-state index contributed by atoms with van der Waals surface area (Å²) < 4.78 is 5.67. The van der Waals surface area contributed by atoms with Crippen LogP contribution in [0.1, 0.15) is 39.4 Å². The van der Waals surface area contributed by atoms with Crippen LogP contribution in [0.15, 0.2) is 34.7 Å². The average molecular weight is 204 g/mol. The predicted molar refractivity (Wildman–Crippen MR) is 66.2 cm³/mol. The molecule has 1 aromatic carbocycles. The largest absolute Gasteiger partial charge is 0.461 e. The number of furan rings is 1. The molecule has 1 nitrogen and oxygen atoms in total. The number of aryl methyl sites for hydroxylation is 1. The van der Waals surface area contributed by atoms with Gasteiger partial charge in [-0.1, -0.05) is 45.4 Å². The summed E-state index contributed by atoms with van der Waals surface area (Å²) in [4.78, 5) is 0. The summed E-state index contributed by atoms with van der Waals surface area (Å²) in [6, 6.07) is 10.3. The first-order valence-electron chi connectivity index (χ1n) is 5.87. The first-order valence-corrected chi connectivity index (χ1v) is 5.87. The Labute approximate surface area is 92.1 Å². The molecule has 2 rings (SSSR count). The third kappa shape index (κ3) is 3.12. The zero-order chi connectivity index (χ0) is 11.1. The van der Waals surface area contributed by atoms with E-state index in [9.17, 15) is 0 Å². The minimum absolute atomic E-state index is 1.01. The molecule has 0 radical (unpaired) electrons. The number of hydrogen-bond acceptors (Lipinski definition) is 1. The van der Waals surface area contributed by atoms with Crippen LogP contribution in [-0.4, -0.2) is 0 Å². The fourth-order valence-corrected chi connectivity index (χ4v) is 1.51. The Balaban J connectivity index is 0.000000531. The summed E-state index contributed by atoms with van der Waals surface area (Å²) in [5.41, 5.74) is 1.01. The van der Waals surface area contributed by atoms with Gasteiger partial charge in [0.05, 0.1) is 0 Å². The van der Waals surface area contributed by atoms with Crippen LogP contribution in [0, 0.1) is 0 Å². The van der Waals surface area contributed by atoms with Crippen LogP contribution in [0.5, 0.6) is 0 Å². The van der Waals surface area contributed by atoms with E-state index in [0.29, 0.717) is 0 Å². The van der Waals surface area contributed by atoms with Crippen LogP contribution < -0.4 is 0 Å². The minimum Gasteiger partial charge on any atom is -0.461 e. The standard InChI is InChI=1S/C12H14O.C2H6/c1-2-3-7-11-9-10-6-4-5-8-12(10)13-11;1-2/h4-6,8-9H,2-3,7H2,1H3;1-2H3. The molecule has 0 N–H and O–H groups in total. The maximum Gasteiger partial charge on any atom is 0.134 e. The summed E-state index contributed by atoms with van der Waals surface area (Å²) in [5, 5.41) is 1.22. The van der Waals surface area contributed by atoms with E-state index in [0.717, 1.165) is 17.8 Å². The van der Waals surface area contributed by atoms with Gasteiger partial charge in [-0.05, 0) is 18.6 Å². The molecular weight excluding hydrogens is 184 g/mol. The number of fused-ring (bicyclic) bond motifs is 1. The number of para-hydroxylation sites is 1. The van der Waals surface area contributed by atoms with E-state index in [1.54, 1.807) is 0 Å². The van der Waals surface area contributed by atoms with E-state index in [-0.39, 0.29) is 0 Å². The summed E-state index contributed by atoms with van der Waals surface area (Å²) in [7, 11) is 0. The van der Waals surface area contributed by atoms with Gasteiger partial charge in [-0.3, -0.25) is 0 Å². The second kappa shape index (κ2) is 6.28. The molecule has 1 aromatic heterocycles. The van der Waals surface area contributed by atoms with Gasteiger partial charge >= 0.3 is 0 Å². The topological polar surface area (TPSA) is 13.1 Å². The fraction of sp³-hybridized carbons (Fsp3) is 0.429. The maximum atomic E-state index is 5.67. The van der Waals surface area contributed by atoms with Crippen molar-refractivity contribution in [3.63, 3.8) is 0 Å². The highest BCUT2D eigenvalue weighted by Gasteiger charge is 2.01.